The summed E-state index contributed by atoms with van der Waals surface area (Å²) in [5.41, 5.74) is 3.23. The Kier molecular flexibility index (Phi) is 11.7. The Hall–Kier alpha value is -2.84. The van der Waals surface area contributed by atoms with Crippen molar-refractivity contribution in [3.8, 4) is 33.9 Å². The van der Waals surface area contributed by atoms with Crippen LogP contribution in [-0.4, -0.2) is 69.4 Å². The van der Waals surface area contributed by atoms with Crippen molar-refractivity contribution in [3.63, 3.8) is 0 Å². The quantitative estimate of drug-likeness (QED) is 0.210. The van der Waals surface area contributed by atoms with Crippen LogP contribution in [0.5, 0.6) is 11.5 Å². The third-order valence-electron chi connectivity index (χ3n) is 7.06. The van der Waals surface area contributed by atoms with Crippen LogP contribution in [0.4, 0.5) is 0 Å². The minimum Gasteiger partial charge on any atom is -0.492 e. The van der Waals surface area contributed by atoms with Gasteiger partial charge in [0.25, 0.3) is 5.91 Å². The van der Waals surface area contributed by atoms with E-state index in [1.165, 1.54) is 6.42 Å². The number of carbonyl (C=O) groups excluding carboxylic acids is 1. The van der Waals surface area contributed by atoms with Crippen molar-refractivity contribution in [1.29, 1.82) is 0 Å². The van der Waals surface area contributed by atoms with Crippen LogP contribution in [-0.2, 0) is 4.74 Å². The van der Waals surface area contributed by atoms with Gasteiger partial charge in [-0.15, -0.1) is 0 Å². The maximum Gasteiger partial charge on any atom is 0.270 e. The van der Waals surface area contributed by atoms with Gasteiger partial charge in [0.2, 0.25) is 0 Å². The minimum absolute atomic E-state index is 0.175. The fourth-order valence-electron chi connectivity index (χ4n) is 4.90. The first-order valence-corrected chi connectivity index (χ1v) is 14.9. The van der Waals surface area contributed by atoms with Crippen molar-refractivity contribution < 1.29 is 19.0 Å². The molecule has 1 fully saturated rings. The highest BCUT2D eigenvalue weighted by molar-refractivity contribution is 6.33. The number of hydrogen-bond donors (Lipinski definition) is 1. The molecule has 7 nitrogen and oxygen atoms in total. The van der Waals surface area contributed by atoms with Crippen molar-refractivity contribution in [2.75, 3.05) is 47.6 Å². The first-order valence-electron chi connectivity index (χ1n) is 14.2. The Morgan fingerprint density at radius 1 is 0.927 bits per heavy atom. The molecule has 0 spiro atoms. The number of nitrogens with zero attached hydrogens (tertiary/aromatic N) is 2. The molecule has 0 saturated heterocycles. The highest BCUT2D eigenvalue weighted by Gasteiger charge is 2.21. The van der Waals surface area contributed by atoms with Gasteiger partial charge < -0.3 is 24.4 Å². The summed E-state index contributed by atoms with van der Waals surface area (Å²) in [4.78, 5) is 20.3. The molecule has 220 valence electrons. The summed E-state index contributed by atoms with van der Waals surface area (Å²) in [5.74, 6) is 1.05. The Morgan fingerprint density at radius 3 is 2.46 bits per heavy atom. The average Bonchev–Trinajstić information content (AvgIpc) is 2.97. The molecule has 1 aliphatic rings. The first kappa shape index (κ1) is 31.1. The summed E-state index contributed by atoms with van der Waals surface area (Å²) >= 11 is 13.2. The minimum atomic E-state index is -0.179. The van der Waals surface area contributed by atoms with Crippen LogP contribution in [0.1, 0.15) is 49.0 Å². The van der Waals surface area contributed by atoms with E-state index >= 15 is 0 Å². The summed E-state index contributed by atoms with van der Waals surface area (Å²) in [6.07, 6.45) is 6.33. The normalized spacial score (nSPS) is 13.8. The SMILES string of the molecule is COCCOc1ccc(Cl)c(-c2ccc(C(=O)NC3CCCCC3)nc2-c2ccc(Cl)c(OCCCN(C)C)c2)c1. The lowest BCUT2D eigenvalue weighted by Crippen LogP contribution is -2.36. The second kappa shape index (κ2) is 15.4. The lowest BCUT2D eigenvalue weighted by Gasteiger charge is -2.23. The molecule has 1 amide bonds. The molecule has 1 heterocycles. The molecule has 2 aromatic carbocycles. The maximum absolute atomic E-state index is 13.3. The van der Waals surface area contributed by atoms with Crippen LogP contribution in [0.2, 0.25) is 10.0 Å². The third-order valence-corrected chi connectivity index (χ3v) is 7.71. The predicted molar refractivity (Wildman–Crippen MR) is 166 cm³/mol. The van der Waals surface area contributed by atoms with E-state index in [0.717, 1.165) is 55.3 Å². The number of benzene rings is 2. The molecule has 1 saturated carbocycles. The predicted octanol–water partition coefficient (Wildman–Crippen LogP) is 7.14. The Morgan fingerprint density at radius 2 is 1.71 bits per heavy atom. The van der Waals surface area contributed by atoms with Crippen molar-refractivity contribution in [3.05, 3.63) is 64.3 Å². The monoisotopic (exact) mass is 599 g/mol. The molecule has 0 radical (unpaired) electrons. The summed E-state index contributed by atoms with van der Waals surface area (Å²) in [5, 5.41) is 4.23. The number of rotatable bonds is 13. The van der Waals surface area contributed by atoms with Crippen LogP contribution < -0.4 is 14.8 Å². The van der Waals surface area contributed by atoms with Gasteiger partial charge in [0.15, 0.2) is 0 Å². The van der Waals surface area contributed by atoms with E-state index < -0.39 is 0 Å². The van der Waals surface area contributed by atoms with Gasteiger partial charge in [-0.2, -0.15) is 0 Å². The molecule has 0 bridgehead atoms. The number of pyridine rings is 1. The molecule has 41 heavy (non-hydrogen) atoms. The summed E-state index contributed by atoms with van der Waals surface area (Å²) in [7, 11) is 5.69. The van der Waals surface area contributed by atoms with Gasteiger partial charge in [0.1, 0.15) is 23.8 Å². The van der Waals surface area contributed by atoms with Gasteiger partial charge in [-0.1, -0.05) is 48.5 Å². The fourth-order valence-corrected chi connectivity index (χ4v) is 5.29. The third kappa shape index (κ3) is 8.82. The topological polar surface area (TPSA) is 72.9 Å². The first-order chi connectivity index (χ1) is 19.9. The van der Waals surface area contributed by atoms with Crippen molar-refractivity contribution >= 4 is 29.1 Å². The second-order valence-corrected chi connectivity index (χ2v) is 11.3. The smallest absolute Gasteiger partial charge is 0.270 e. The van der Waals surface area contributed by atoms with Crippen LogP contribution in [0.25, 0.3) is 22.4 Å². The van der Waals surface area contributed by atoms with E-state index in [2.05, 4.69) is 10.2 Å². The number of nitrogens with one attached hydrogen (secondary N) is 1. The highest BCUT2D eigenvalue weighted by atomic mass is 35.5. The van der Waals surface area contributed by atoms with Gasteiger partial charge in [0, 0.05) is 41.4 Å². The van der Waals surface area contributed by atoms with E-state index in [1.54, 1.807) is 25.3 Å². The largest absolute Gasteiger partial charge is 0.492 e. The Labute approximate surface area is 253 Å². The lowest BCUT2D eigenvalue weighted by atomic mass is 9.95. The molecule has 0 unspecified atom stereocenters. The standard InChI is InChI=1S/C32H39Cl2N3O4/c1-37(2)16-7-17-41-30-20-22(10-13-28(30)34)31-25(26-21-24(11-14-27(26)33)40-19-18-39-3)12-15-29(36-31)32(38)35-23-8-5-4-6-9-23/h10-15,20-21,23H,4-9,16-19H2,1-3H3,(H,35,38). The number of methoxy groups -OCH3 is 1. The van der Waals surface area contributed by atoms with Crippen molar-refractivity contribution in [2.45, 2.75) is 44.6 Å². The van der Waals surface area contributed by atoms with Gasteiger partial charge in [-0.3, -0.25) is 4.79 Å². The lowest BCUT2D eigenvalue weighted by molar-refractivity contribution is 0.0923. The summed E-state index contributed by atoms with van der Waals surface area (Å²) in [6, 6.07) is 14.9. The molecule has 1 N–H and O–H groups in total. The number of carbonyl (C=O) groups is 1. The number of hydrogen-bond acceptors (Lipinski definition) is 6. The van der Waals surface area contributed by atoms with E-state index in [0.29, 0.717) is 52.8 Å². The van der Waals surface area contributed by atoms with E-state index in [1.807, 2.05) is 44.4 Å². The molecule has 0 aliphatic heterocycles. The van der Waals surface area contributed by atoms with Crippen LogP contribution >= 0.6 is 23.2 Å². The zero-order chi connectivity index (χ0) is 29.2. The van der Waals surface area contributed by atoms with Gasteiger partial charge in [-0.25, -0.2) is 4.98 Å². The maximum atomic E-state index is 13.3. The van der Waals surface area contributed by atoms with Gasteiger partial charge >= 0.3 is 0 Å². The van der Waals surface area contributed by atoms with Gasteiger partial charge in [-0.05, 0) is 75.8 Å². The molecule has 3 aromatic rings. The molecular formula is C32H39Cl2N3O4. The van der Waals surface area contributed by atoms with Crippen LogP contribution in [0, 0.1) is 0 Å². The molecule has 0 atom stereocenters. The zero-order valence-electron chi connectivity index (χ0n) is 24.1. The van der Waals surface area contributed by atoms with Gasteiger partial charge in [0.05, 0.1) is 23.9 Å². The Bertz CT molecular complexity index is 1310. The Balaban J connectivity index is 1.71. The fraction of sp³-hybridized carbons (Fsp3) is 0.438. The molecule has 1 aromatic heterocycles. The molecule has 1 aliphatic carbocycles. The average molecular weight is 601 g/mol. The molecule has 9 heteroatoms. The van der Waals surface area contributed by atoms with E-state index in [4.69, 9.17) is 42.4 Å². The summed E-state index contributed by atoms with van der Waals surface area (Å²) in [6.45, 7) is 2.31. The zero-order valence-corrected chi connectivity index (χ0v) is 25.6. The van der Waals surface area contributed by atoms with Crippen molar-refractivity contribution in [2.24, 2.45) is 0 Å². The summed E-state index contributed by atoms with van der Waals surface area (Å²) < 4.78 is 17.0. The second-order valence-electron chi connectivity index (χ2n) is 10.5. The van der Waals surface area contributed by atoms with E-state index in [-0.39, 0.29) is 11.9 Å². The number of halogens is 2. The highest BCUT2D eigenvalue weighted by Crippen LogP contribution is 2.39. The van der Waals surface area contributed by atoms with Crippen LogP contribution in [0.15, 0.2) is 48.5 Å². The number of aromatic nitrogens is 1. The number of amides is 1. The molecular weight excluding hydrogens is 561 g/mol. The van der Waals surface area contributed by atoms with Crippen LogP contribution in [0.3, 0.4) is 0 Å². The molecule has 4 rings (SSSR count). The number of ether oxygens (including phenoxy) is 3. The van der Waals surface area contributed by atoms with E-state index in [9.17, 15) is 4.79 Å². The van der Waals surface area contributed by atoms with Crippen molar-refractivity contribution in [1.82, 2.24) is 15.2 Å².